The van der Waals surface area contributed by atoms with Crippen molar-refractivity contribution in [3.05, 3.63) is 65.7 Å². The molecule has 2 rings (SSSR count). The topological polar surface area (TPSA) is 143 Å². The zero-order chi connectivity index (χ0) is 24.2. The Kier molecular flexibility index (Phi) is 9.69. The Morgan fingerprint density at radius 2 is 1.58 bits per heavy atom. The molecule has 2 atom stereocenters. The lowest BCUT2D eigenvalue weighted by Gasteiger charge is -2.21. The summed E-state index contributed by atoms with van der Waals surface area (Å²) in [6.07, 6.45) is -0.719. The highest BCUT2D eigenvalue weighted by molar-refractivity contribution is 5.92. The van der Waals surface area contributed by atoms with Crippen molar-refractivity contribution in [2.75, 3.05) is 13.7 Å². The normalized spacial score (nSPS) is 12.1. The molecule has 0 heterocycles. The Hall–Kier alpha value is -4.08. The number of rotatable bonds is 10. The monoisotopic (exact) mass is 457 g/mol. The number of methoxy groups -OCH3 is 1. The Morgan fingerprint density at radius 3 is 2.21 bits per heavy atom. The summed E-state index contributed by atoms with van der Waals surface area (Å²) in [6, 6.07) is 13.1. The minimum absolute atomic E-state index is 0.0204. The van der Waals surface area contributed by atoms with Gasteiger partial charge in [0, 0.05) is 6.42 Å². The van der Waals surface area contributed by atoms with Crippen LogP contribution in [0.5, 0.6) is 5.75 Å². The maximum atomic E-state index is 12.8. The number of ether oxygens (including phenoxy) is 2. The summed E-state index contributed by atoms with van der Waals surface area (Å²) in [6.45, 7) is 1.12. The standard InChI is InChI=1S/C23H27N3O7/c1-15(21(29)24-13-20(28)32-2)25-22(30)19(12-16-8-10-18(27)11-9-16)26-23(31)33-14-17-6-4-3-5-7-17/h3-11,15,19,27H,12-14H2,1-2H3,(H,24,29)(H,25,30)(H,26,31)/t15-,19+/m1/s1. The van der Waals surface area contributed by atoms with Gasteiger partial charge in [0.15, 0.2) is 0 Å². The maximum absolute atomic E-state index is 12.8. The van der Waals surface area contributed by atoms with Crippen LogP contribution < -0.4 is 16.0 Å². The summed E-state index contributed by atoms with van der Waals surface area (Å²) in [4.78, 5) is 48.5. The summed E-state index contributed by atoms with van der Waals surface area (Å²) in [5.41, 5.74) is 1.45. The van der Waals surface area contributed by atoms with E-state index in [4.69, 9.17) is 4.74 Å². The molecular formula is C23H27N3O7. The molecule has 0 bridgehead atoms. The number of phenolic OH excluding ortho intramolecular Hbond substituents is 1. The van der Waals surface area contributed by atoms with Gasteiger partial charge in [-0.25, -0.2) is 4.79 Å². The van der Waals surface area contributed by atoms with E-state index >= 15 is 0 Å². The average Bonchev–Trinajstić information content (AvgIpc) is 2.82. The molecule has 0 aliphatic heterocycles. The van der Waals surface area contributed by atoms with Crippen molar-refractivity contribution in [3.8, 4) is 5.75 Å². The summed E-state index contributed by atoms with van der Waals surface area (Å²) in [5, 5.41) is 16.8. The minimum Gasteiger partial charge on any atom is -0.508 e. The van der Waals surface area contributed by atoms with Crippen LogP contribution >= 0.6 is 0 Å². The van der Waals surface area contributed by atoms with Gasteiger partial charge >= 0.3 is 12.1 Å². The highest BCUT2D eigenvalue weighted by atomic mass is 16.5. The number of hydrogen-bond acceptors (Lipinski definition) is 7. The third kappa shape index (κ3) is 8.90. The van der Waals surface area contributed by atoms with E-state index in [1.54, 1.807) is 24.3 Å². The molecule has 0 spiro atoms. The lowest BCUT2D eigenvalue weighted by atomic mass is 10.0. The van der Waals surface area contributed by atoms with Crippen molar-refractivity contribution >= 4 is 23.9 Å². The molecule has 0 saturated heterocycles. The molecule has 0 saturated carbocycles. The van der Waals surface area contributed by atoms with Crippen molar-refractivity contribution in [2.45, 2.75) is 32.0 Å². The molecule has 0 aromatic heterocycles. The van der Waals surface area contributed by atoms with Gasteiger partial charge in [0.05, 0.1) is 7.11 Å². The molecule has 4 N–H and O–H groups in total. The molecule has 3 amide bonds. The fourth-order valence-corrected chi connectivity index (χ4v) is 2.75. The van der Waals surface area contributed by atoms with E-state index < -0.39 is 36.0 Å². The van der Waals surface area contributed by atoms with Crippen LogP contribution in [0.25, 0.3) is 0 Å². The number of benzene rings is 2. The van der Waals surface area contributed by atoms with Gasteiger partial charge in [-0.3, -0.25) is 14.4 Å². The van der Waals surface area contributed by atoms with Crippen molar-refractivity contribution in [1.82, 2.24) is 16.0 Å². The van der Waals surface area contributed by atoms with Crippen molar-refractivity contribution in [3.63, 3.8) is 0 Å². The fourth-order valence-electron chi connectivity index (χ4n) is 2.75. The predicted molar refractivity (Wildman–Crippen MR) is 118 cm³/mol. The van der Waals surface area contributed by atoms with Gasteiger partial charge in [-0.05, 0) is 30.2 Å². The molecule has 33 heavy (non-hydrogen) atoms. The highest BCUT2D eigenvalue weighted by Gasteiger charge is 2.25. The van der Waals surface area contributed by atoms with Gasteiger partial charge in [-0.2, -0.15) is 0 Å². The third-order valence-corrected chi connectivity index (χ3v) is 4.58. The van der Waals surface area contributed by atoms with Gasteiger partial charge in [0.1, 0.15) is 31.0 Å². The van der Waals surface area contributed by atoms with E-state index in [1.165, 1.54) is 26.2 Å². The van der Waals surface area contributed by atoms with Gasteiger partial charge < -0.3 is 30.5 Å². The molecule has 2 aromatic carbocycles. The van der Waals surface area contributed by atoms with Crippen LogP contribution in [-0.2, 0) is 36.9 Å². The highest BCUT2D eigenvalue weighted by Crippen LogP contribution is 2.12. The first-order chi connectivity index (χ1) is 15.8. The van der Waals surface area contributed by atoms with E-state index in [-0.39, 0.29) is 25.3 Å². The number of hydrogen-bond donors (Lipinski definition) is 4. The van der Waals surface area contributed by atoms with E-state index in [0.717, 1.165) is 5.56 Å². The fraction of sp³-hybridized carbons (Fsp3) is 0.304. The number of carbonyl (C=O) groups excluding carboxylic acids is 4. The Bertz CT molecular complexity index is 948. The van der Waals surface area contributed by atoms with Crippen LogP contribution in [0.3, 0.4) is 0 Å². The van der Waals surface area contributed by atoms with Crippen LogP contribution in [0.4, 0.5) is 4.79 Å². The number of nitrogens with one attached hydrogen (secondary N) is 3. The van der Waals surface area contributed by atoms with Gasteiger partial charge in [-0.15, -0.1) is 0 Å². The molecule has 176 valence electrons. The molecular weight excluding hydrogens is 430 g/mol. The SMILES string of the molecule is COC(=O)CNC(=O)[C@@H](C)NC(=O)[C@H](Cc1ccc(O)cc1)NC(=O)OCc1ccccc1. The second-order valence-electron chi connectivity index (χ2n) is 7.15. The summed E-state index contributed by atoms with van der Waals surface area (Å²) in [7, 11) is 1.19. The molecule has 0 fully saturated rings. The Labute approximate surface area is 191 Å². The first-order valence-corrected chi connectivity index (χ1v) is 10.2. The molecule has 10 heteroatoms. The number of carbonyl (C=O) groups is 4. The van der Waals surface area contributed by atoms with Crippen LogP contribution in [0.1, 0.15) is 18.1 Å². The lowest BCUT2D eigenvalue weighted by molar-refractivity contribution is -0.141. The summed E-state index contributed by atoms with van der Waals surface area (Å²) in [5.74, 6) is -1.79. The zero-order valence-corrected chi connectivity index (χ0v) is 18.4. The van der Waals surface area contributed by atoms with Crippen molar-refractivity contribution < 1.29 is 33.8 Å². The molecule has 0 unspecified atom stereocenters. The second-order valence-corrected chi connectivity index (χ2v) is 7.15. The molecule has 10 nitrogen and oxygen atoms in total. The van der Waals surface area contributed by atoms with E-state index in [2.05, 4.69) is 20.7 Å². The number of esters is 1. The summed E-state index contributed by atoms with van der Waals surface area (Å²) < 4.78 is 9.65. The first kappa shape index (κ1) is 25.2. The molecule has 0 aliphatic rings. The average molecular weight is 457 g/mol. The smallest absolute Gasteiger partial charge is 0.408 e. The number of phenols is 1. The van der Waals surface area contributed by atoms with E-state index in [9.17, 15) is 24.3 Å². The largest absolute Gasteiger partial charge is 0.508 e. The third-order valence-electron chi connectivity index (χ3n) is 4.58. The van der Waals surface area contributed by atoms with E-state index in [1.807, 2.05) is 18.2 Å². The lowest BCUT2D eigenvalue weighted by Crippen LogP contribution is -2.53. The minimum atomic E-state index is -1.06. The van der Waals surface area contributed by atoms with Gasteiger partial charge in [0.25, 0.3) is 0 Å². The predicted octanol–water partition coefficient (Wildman–Crippen LogP) is 1.02. The van der Waals surface area contributed by atoms with Crippen LogP contribution in [0, 0.1) is 0 Å². The Morgan fingerprint density at radius 1 is 0.909 bits per heavy atom. The van der Waals surface area contributed by atoms with Gasteiger partial charge in [-0.1, -0.05) is 42.5 Å². The quantitative estimate of drug-likeness (QED) is 0.390. The van der Waals surface area contributed by atoms with Gasteiger partial charge in [0.2, 0.25) is 11.8 Å². The number of aromatic hydroxyl groups is 1. The Balaban J connectivity index is 2.01. The van der Waals surface area contributed by atoms with Crippen molar-refractivity contribution in [2.24, 2.45) is 0 Å². The van der Waals surface area contributed by atoms with Crippen molar-refractivity contribution in [1.29, 1.82) is 0 Å². The molecule has 0 aliphatic carbocycles. The van der Waals surface area contributed by atoms with Crippen LogP contribution in [0.15, 0.2) is 54.6 Å². The first-order valence-electron chi connectivity index (χ1n) is 10.2. The van der Waals surface area contributed by atoms with Crippen LogP contribution in [-0.4, -0.2) is 54.7 Å². The maximum Gasteiger partial charge on any atom is 0.408 e. The summed E-state index contributed by atoms with van der Waals surface area (Å²) >= 11 is 0. The number of amides is 3. The second kappa shape index (κ2) is 12.7. The number of alkyl carbamates (subject to hydrolysis) is 1. The van der Waals surface area contributed by atoms with Crippen LogP contribution in [0.2, 0.25) is 0 Å². The molecule has 0 radical (unpaired) electrons. The zero-order valence-electron chi connectivity index (χ0n) is 18.4. The van der Waals surface area contributed by atoms with E-state index in [0.29, 0.717) is 5.56 Å². The molecule has 2 aromatic rings.